The molecule has 0 N–H and O–H groups in total. The molecule has 0 saturated carbocycles. The maximum absolute atomic E-state index is 11.6. The summed E-state index contributed by atoms with van der Waals surface area (Å²) in [4.78, 5) is 23.1. The van der Waals surface area contributed by atoms with Crippen LogP contribution in [0.3, 0.4) is 0 Å². The van der Waals surface area contributed by atoms with Crippen LogP contribution in [0.4, 0.5) is 0 Å². The van der Waals surface area contributed by atoms with Crippen LogP contribution in [0.1, 0.15) is 20.7 Å². The minimum Gasteiger partial charge on any atom is -0.496 e. The van der Waals surface area contributed by atoms with Crippen LogP contribution in [-0.4, -0.2) is 33.3 Å². The van der Waals surface area contributed by atoms with Gasteiger partial charge in [0.25, 0.3) is 0 Å². The Bertz CT molecular complexity index is 505. The molecular weight excluding hydrogens is 228 g/mol. The van der Waals surface area contributed by atoms with Crippen molar-refractivity contribution in [3.8, 4) is 17.2 Å². The SMILES string of the molecule is COc1cc(OC)c2c(c1OC)C(=O)OC2=O. The first-order chi connectivity index (χ1) is 8.13. The van der Waals surface area contributed by atoms with Crippen molar-refractivity contribution in [3.05, 3.63) is 17.2 Å². The molecule has 0 atom stereocenters. The molecular formula is C11H10O6. The number of hydrogen-bond acceptors (Lipinski definition) is 6. The molecule has 90 valence electrons. The van der Waals surface area contributed by atoms with Crippen LogP contribution in [-0.2, 0) is 4.74 Å². The second-order valence-electron chi connectivity index (χ2n) is 3.24. The first-order valence-electron chi connectivity index (χ1n) is 4.73. The van der Waals surface area contributed by atoms with Crippen molar-refractivity contribution in [2.24, 2.45) is 0 Å². The zero-order chi connectivity index (χ0) is 12.6. The first-order valence-corrected chi connectivity index (χ1v) is 4.73. The highest BCUT2D eigenvalue weighted by Gasteiger charge is 2.38. The summed E-state index contributed by atoms with van der Waals surface area (Å²) in [6, 6.07) is 1.47. The highest BCUT2D eigenvalue weighted by molar-refractivity contribution is 6.18. The van der Waals surface area contributed by atoms with Crippen LogP contribution in [0.2, 0.25) is 0 Å². The Morgan fingerprint density at radius 2 is 1.47 bits per heavy atom. The molecule has 0 fully saturated rings. The van der Waals surface area contributed by atoms with E-state index in [-0.39, 0.29) is 22.6 Å². The van der Waals surface area contributed by atoms with Gasteiger partial charge in [-0.05, 0) is 0 Å². The zero-order valence-electron chi connectivity index (χ0n) is 9.53. The van der Waals surface area contributed by atoms with Crippen molar-refractivity contribution in [1.29, 1.82) is 0 Å². The largest absolute Gasteiger partial charge is 0.496 e. The average molecular weight is 238 g/mol. The van der Waals surface area contributed by atoms with Crippen LogP contribution in [0.5, 0.6) is 17.2 Å². The van der Waals surface area contributed by atoms with Gasteiger partial charge in [0.15, 0.2) is 11.5 Å². The van der Waals surface area contributed by atoms with E-state index in [1.807, 2.05) is 0 Å². The van der Waals surface area contributed by atoms with Gasteiger partial charge in [-0.25, -0.2) is 9.59 Å². The van der Waals surface area contributed by atoms with Crippen molar-refractivity contribution in [2.45, 2.75) is 0 Å². The minimum absolute atomic E-state index is 0.0358. The van der Waals surface area contributed by atoms with Crippen LogP contribution < -0.4 is 14.2 Å². The molecule has 0 aromatic heterocycles. The van der Waals surface area contributed by atoms with E-state index in [4.69, 9.17) is 14.2 Å². The summed E-state index contributed by atoms with van der Waals surface area (Å²) >= 11 is 0. The molecule has 0 bridgehead atoms. The van der Waals surface area contributed by atoms with Crippen LogP contribution in [0.25, 0.3) is 0 Å². The molecule has 17 heavy (non-hydrogen) atoms. The van der Waals surface area contributed by atoms with E-state index in [1.165, 1.54) is 27.4 Å². The number of rotatable bonds is 3. The molecule has 0 radical (unpaired) electrons. The number of fused-ring (bicyclic) bond motifs is 1. The Morgan fingerprint density at radius 1 is 0.882 bits per heavy atom. The Labute approximate surface area is 97.0 Å². The molecule has 2 rings (SSSR count). The number of ether oxygens (including phenoxy) is 4. The van der Waals surface area contributed by atoms with Gasteiger partial charge in [-0.3, -0.25) is 0 Å². The fraction of sp³-hybridized carbons (Fsp3) is 0.273. The molecule has 6 heteroatoms. The third-order valence-corrected chi connectivity index (χ3v) is 2.45. The number of esters is 2. The lowest BCUT2D eigenvalue weighted by Crippen LogP contribution is -2.02. The predicted octanol–water partition coefficient (Wildman–Crippen LogP) is 1.02. The Hall–Kier alpha value is -2.24. The second-order valence-corrected chi connectivity index (χ2v) is 3.24. The molecule has 6 nitrogen and oxygen atoms in total. The molecule has 1 aliphatic heterocycles. The van der Waals surface area contributed by atoms with E-state index in [0.717, 1.165) is 0 Å². The number of carbonyl (C=O) groups is 2. The van der Waals surface area contributed by atoms with Crippen molar-refractivity contribution in [1.82, 2.24) is 0 Å². The van der Waals surface area contributed by atoms with Gasteiger partial charge in [0.1, 0.15) is 16.9 Å². The number of cyclic esters (lactones) is 2. The molecule has 0 spiro atoms. The van der Waals surface area contributed by atoms with Gasteiger partial charge in [0.2, 0.25) is 0 Å². The van der Waals surface area contributed by atoms with E-state index in [9.17, 15) is 9.59 Å². The van der Waals surface area contributed by atoms with E-state index >= 15 is 0 Å². The third kappa shape index (κ3) is 1.49. The summed E-state index contributed by atoms with van der Waals surface area (Å²) in [5, 5.41) is 0. The Morgan fingerprint density at radius 3 is 2.00 bits per heavy atom. The summed E-state index contributed by atoms with van der Waals surface area (Å²) in [5.74, 6) is -0.829. The number of hydrogen-bond donors (Lipinski definition) is 0. The van der Waals surface area contributed by atoms with Crippen molar-refractivity contribution >= 4 is 11.9 Å². The molecule has 0 saturated heterocycles. The van der Waals surface area contributed by atoms with Crippen LogP contribution >= 0.6 is 0 Å². The molecule has 0 amide bonds. The fourth-order valence-corrected chi connectivity index (χ4v) is 1.72. The van der Waals surface area contributed by atoms with Gasteiger partial charge in [0.05, 0.1) is 21.3 Å². The van der Waals surface area contributed by atoms with Crippen LogP contribution in [0, 0.1) is 0 Å². The summed E-state index contributed by atoms with van der Waals surface area (Å²) in [7, 11) is 4.18. The molecule has 1 aromatic carbocycles. The molecule has 0 unspecified atom stereocenters. The normalized spacial score (nSPS) is 13.1. The molecule has 1 aliphatic rings. The highest BCUT2D eigenvalue weighted by atomic mass is 16.6. The zero-order valence-corrected chi connectivity index (χ0v) is 9.53. The maximum atomic E-state index is 11.6. The van der Waals surface area contributed by atoms with E-state index in [1.54, 1.807) is 0 Å². The van der Waals surface area contributed by atoms with E-state index in [2.05, 4.69) is 4.74 Å². The lowest BCUT2D eigenvalue weighted by atomic mass is 10.1. The maximum Gasteiger partial charge on any atom is 0.351 e. The summed E-state index contributed by atoms with van der Waals surface area (Å²) in [6.45, 7) is 0. The highest BCUT2D eigenvalue weighted by Crippen LogP contribution is 2.42. The van der Waals surface area contributed by atoms with Crippen LogP contribution in [0.15, 0.2) is 6.07 Å². The third-order valence-electron chi connectivity index (χ3n) is 2.45. The number of benzene rings is 1. The first kappa shape index (κ1) is 11.3. The smallest absolute Gasteiger partial charge is 0.351 e. The average Bonchev–Trinajstić information content (AvgIpc) is 2.63. The van der Waals surface area contributed by atoms with Crippen molar-refractivity contribution in [3.63, 3.8) is 0 Å². The van der Waals surface area contributed by atoms with E-state index < -0.39 is 11.9 Å². The standard InChI is InChI=1S/C11H10O6/c1-14-5-4-6(15-2)9(16-3)8-7(5)10(12)17-11(8)13/h4H,1-3H3. The topological polar surface area (TPSA) is 71.1 Å². The molecule has 1 aromatic rings. The van der Waals surface area contributed by atoms with Crippen molar-refractivity contribution in [2.75, 3.05) is 21.3 Å². The number of carbonyl (C=O) groups excluding carboxylic acids is 2. The van der Waals surface area contributed by atoms with Gasteiger partial charge in [-0.2, -0.15) is 0 Å². The van der Waals surface area contributed by atoms with E-state index in [0.29, 0.717) is 5.75 Å². The minimum atomic E-state index is -0.765. The van der Waals surface area contributed by atoms with Gasteiger partial charge < -0.3 is 18.9 Å². The summed E-state index contributed by atoms with van der Waals surface area (Å²) < 4.78 is 19.7. The van der Waals surface area contributed by atoms with Gasteiger partial charge >= 0.3 is 11.9 Å². The fourth-order valence-electron chi connectivity index (χ4n) is 1.72. The Balaban J connectivity index is 2.79. The summed E-state index contributed by atoms with van der Waals surface area (Å²) in [6.07, 6.45) is 0. The lowest BCUT2D eigenvalue weighted by Gasteiger charge is -2.12. The quantitative estimate of drug-likeness (QED) is 0.578. The molecule has 0 aliphatic carbocycles. The predicted molar refractivity (Wildman–Crippen MR) is 55.8 cm³/mol. The van der Waals surface area contributed by atoms with Gasteiger partial charge in [-0.1, -0.05) is 0 Å². The summed E-state index contributed by atoms with van der Waals surface area (Å²) in [5.41, 5.74) is 0.101. The van der Waals surface area contributed by atoms with Gasteiger partial charge in [0, 0.05) is 6.07 Å². The lowest BCUT2D eigenvalue weighted by molar-refractivity contribution is 0.0442. The monoisotopic (exact) mass is 238 g/mol. The molecule has 1 heterocycles. The second kappa shape index (κ2) is 3.97. The van der Waals surface area contributed by atoms with Gasteiger partial charge in [-0.15, -0.1) is 0 Å². The Kier molecular flexibility index (Phi) is 2.63. The number of methoxy groups -OCH3 is 3. The van der Waals surface area contributed by atoms with Crippen molar-refractivity contribution < 1.29 is 28.5 Å².